The molecule has 0 unspecified atom stereocenters. The van der Waals surface area contributed by atoms with Gasteiger partial charge in [0.05, 0.1) is 11.3 Å². The van der Waals surface area contributed by atoms with Crippen LogP contribution in [0.1, 0.15) is 10.7 Å². The minimum absolute atomic E-state index is 0.469. The fraction of sp³-hybridized carbons (Fsp3) is 0.133. The predicted octanol–water partition coefficient (Wildman–Crippen LogP) is 4.23. The Kier molecular flexibility index (Phi) is 3.73. The van der Waals surface area contributed by atoms with Crippen LogP contribution in [0.2, 0.25) is 0 Å². The highest BCUT2D eigenvalue weighted by atomic mass is 79.9. The summed E-state index contributed by atoms with van der Waals surface area (Å²) in [6, 6.07) is 8.10. The van der Waals surface area contributed by atoms with Gasteiger partial charge in [-0.3, -0.25) is 0 Å². The average Bonchev–Trinajstić information content (AvgIpc) is 2.80. The number of nitrogen functional groups attached to an aromatic ring is 1. The van der Waals surface area contributed by atoms with Gasteiger partial charge in [-0.15, -0.1) is 11.3 Å². The fourth-order valence-electron chi connectivity index (χ4n) is 2.07. The number of anilines is 1. The van der Waals surface area contributed by atoms with Crippen LogP contribution < -0.4 is 5.73 Å². The van der Waals surface area contributed by atoms with E-state index in [1.54, 1.807) is 17.5 Å². The molecule has 0 amide bonds. The molecule has 2 heterocycles. The van der Waals surface area contributed by atoms with E-state index in [0.717, 1.165) is 31.2 Å². The number of aryl methyl sites for hydroxylation is 2. The highest BCUT2D eigenvalue weighted by molar-refractivity contribution is 9.10. The van der Waals surface area contributed by atoms with Crippen molar-refractivity contribution in [1.82, 2.24) is 15.0 Å². The molecule has 21 heavy (non-hydrogen) atoms. The van der Waals surface area contributed by atoms with E-state index in [0.29, 0.717) is 11.6 Å². The molecule has 2 aromatic heterocycles. The van der Waals surface area contributed by atoms with Gasteiger partial charge in [0.1, 0.15) is 16.6 Å². The predicted molar refractivity (Wildman–Crippen MR) is 90.2 cm³/mol. The summed E-state index contributed by atoms with van der Waals surface area (Å²) in [5.41, 5.74) is 8.82. The molecule has 3 rings (SSSR count). The maximum absolute atomic E-state index is 5.98. The van der Waals surface area contributed by atoms with Crippen LogP contribution in [0.15, 0.2) is 34.9 Å². The molecule has 0 saturated heterocycles. The fourth-order valence-corrected chi connectivity index (χ4v) is 3.42. The smallest absolute Gasteiger partial charge is 0.137 e. The number of halogens is 1. The Labute approximate surface area is 135 Å². The van der Waals surface area contributed by atoms with E-state index in [-0.39, 0.29) is 0 Å². The number of nitrogens with zero attached hydrogens (tertiary/aromatic N) is 3. The zero-order valence-electron chi connectivity index (χ0n) is 11.6. The molecule has 0 bridgehead atoms. The van der Waals surface area contributed by atoms with Crippen LogP contribution in [0.25, 0.3) is 21.8 Å². The van der Waals surface area contributed by atoms with Crippen molar-refractivity contribution in [2.24, 2.45) is 0 Å². The Hall–Kier alpha value is -1.79. The summed E-state index contributed by atoms with van der Waals surface area (Å²) in [6.45, 7) is 3.88. The van der Waals surface area contributed by atoms with Crippen molar-refractivity contribution in [3.63, 3.8) is 0 Å². The third kappa shape index (κ3) is 2.82. The first-order valence-corrected chi connectivity index (χ1v) is 7.98. The van der Waals surface area contributed by atoms with Crippen molar-refractivity contribution in [2.75, 3.05) is 5.73 Å². The average molecular weight is 361 g/mol. The Morgan fingerprint density at radius 3 is 2.71 bits per heavy atom. The second-order valence-electron chi connectivity index (χ2n) is 4.65. The third-order valence-corrected chi connectivity index (χ3v) is 4.56. The van der Waals surface area contributed by atoms with E-state index >= 15 is 0 Å². The molecule has 4 nitrogen and oxygen atoms in total. The second kappa shape index (κ2) is 5.54. The Morgan fingerprint density at radius 2 is 2.00 bits per heavy atom. The van der Waals surface area contributed by atoms with Crippen LogP contribution in [0.4, 0.5) is 5.82 Å². The van der Waals surface area contributed by atoms with E-state index in [4.69, 9.17) is 10.7 Å². The molecule has 1 aromatic carbocycles. The normalized spacial score (nSPS) is 10.8. The van der Waals surface area contributed by atoms with E-state index in [9.17, 15) is 0 Å². The van der Waals surface area contributed by atoms with Gasteiger partial charge >= 0.3 is 0 Å². The molecule has 0 radical (unpaired) electrons. The van der Waals surface area contributed by atoms with Gasteiger partial charge in [-0.2, -0.15) is 0 Å². The number of nitrogens with two attached hydrogens (primary N) is 1. The van der Waals surface area contributed by atoms with Crippen LogP contribution in [-0.4, -0.2) is 15.0 Å². The molecule has 106 valence electrons. The minimum atomic E-state index is 0.469. The molecule has 0 spiro atoms. The van der Waals surface area contributed by atoms with Gasteiger partial charge in [-0.1, -0.05) is 28.1 Å². The molecule has 6 heteroatoms. The highest BCUT2D eigenvalue weighted by Crippen LogP contribution is 2.35. The lowest BCUT2D eigenvalue weighted by atomic mass is 10.1. The monoisotopic (exact) mass is 360 g/mol. The summed E-state index contributed by atoms with van der Waals surface area (Å²) in [6.07, 6.45) is 1.74. The first-order chi connectivity index (χ1) is 10.0. The number of aromatic nitrogens is 3. The van der Waals surface area contributed by atoms with Crippen LogP contribution in [0.5, 0.6) is 0 Å². The van der Waals surface area contributed by atoms with Crippen molar-refractivity contribution in [3.05, 3.63) is 45.6 Å². The summed E-state index contributed by atoms with van der Waals surface area (Å²) in [4.78, 5) is 14.3. The summed E-state index contributed by atoms with van der Waals surface area (Å²) in [7, 11) is 0. The molecule has 0 fully saturated rings. The molecule has 0 aliphatic rings. The van der Waals surface area contributed by atoms with Gasteiger partial charge in [0.15, 0.2) is 0 Å². The topological polar surface area (TPSA) is 64.7 Å². The number of hydrogen-bond acceptors (Lipinski definition) is 5. The van der Waals surface area contributed by atoms with Gasteiger partial charge in [0, 0.05) is 21.1 Å². The molecular weight excluding hydrogens is 348 g/mol. The van der Waals surface area contributed by atoms with Crippen molar-refractivity contribution >= 4 is 33.1 Å². The van der Waals surface area contributed by atoms with Crippen molar-refractivity contribution in [1.29, 1.82) is 0 Å². The second-order valence-corrected chi connectivity index (χ2v) is 6.77. The maximum atomic E-state index is 5.98. The number of hydrogen-bond donors (Lipinski definition) is 1. The highest BCUT2D eigenvalue weighted by Gasteiger charge is 2.14. The molecular formula is C15H13BrN4S. The third-order valence-electron chi connectivity index (χ3n) is 3.06. The van der Waals surface area contributed by atoms with Crippen LogP contribution in [0.3, 0.4) is 0 Å². The standard InChI is InChI=1S/C15H13BrN4S/c1-8-13(10-4-3-5-11(16)6-10)20-15(21-8)12-7-18-9(2)19-14(12)17/h3-7H,1-2H3,(H2,17,18,19). The minimum Gasteiger partial charge on any atom is -0.383 e. The Morgan fingerprint density at radius 1 is 1.19 bits per heavy atom. The summed E-state index contributed by atoms with van der Waals surface area (Å²) >= 11 is 5.09. The van der Waals surface area contributed by atoms with Gasteiger partial charge in [-0.05, 0) is 26.0 Å². The van der Waals surface area contributed by atoms with Gasteiger partial charge in [0.2, 0.25) is 0 Å². The van der Waals surface area contributed by atoms with Crippen LogP contribution in [-0.2, 0) is 0 Å². The summed E-state index contributed by atoms with van der Waals surface area (Å²) in [5, 5.41) is 0.847. The van der Waals surface area contributed by atoms with Gasteiger partial charge in [0.25, 0.3) is 0 Å². The van der Waals surface area contributed by atoms with Crippen molar-refractivity contribution < 1.29 is 0 Å². The zero-order chi connectivity index (χ0) is 15.0. The molecule has 0 aliphatic carbocycles. The lowest BCUT2D eigenvalue weighted by molar-refractivity contribution is 1.06. The number of thiazole rings is 1. The van der Waals surface area contributed by atoms with E-state index in [1.165, 1.54) is 0 Å². The zero-order valence-corrected chi connectivity index (χ0v) is 14.0. The Bertz CT molecular complexity index is 813. The number of benzene rings is 1. The van der Waals surface area contributed by atoms with Crippen molar-refractivity contribution in [3.8, 4) is 21.8 Å². The van der Waals surface area contributed by atoms with Crippen LogP contribution >= 0.6 is 27.3 Å². The Balaban J connectivity index is 2.09. The molecule has 2 N–H and O–H groups in total. The molecule has 0 atom stereocenters. The van der Waals surface area contributed by atoms with E-state index in [1.807, 2.05) is 25.1 Å². The maximum Gasteiger partial charge on any atom is 0.137 e. The molecule has 3 aromatic rings. The molecule has 0 aliphatic heterocycles. The van der Waals surface area contributed by atoms with E-state index in [2.05, 4.69) is 38.9 Å². The number of rotatable bonds is 2. The van der Waals surface area contributed by atoms with Gasteiger partial charge < -0.3 is 5.73 Å². The SMILES string of the molecule is Cc1ncc(-c2nc(-c3cccc(Br)c3)c(C)s2)c(N)n1. The van der Waals surface area contributed by atoms with Crippen LogP contribution in [0, 0.1) is 13.8 Å². The van der Waals surface area contributed by atoms with E-state index < -0.39 is 0 Å². The summed E-state index contributed by atoms with van der Waals surface area (Å²) in [5.74, 6) is 1.13. The summed E-state index contributed by atoms with van der Waals surface area (Å²) < 4.78 is 1.03. The first-order valence-electron chi connectivity index (χ1n) is 6.37. The lowest BCUT2D eigenvalue weighted by Crippen LogP contribution is -1.98. The quantitative estimate of drug-likeness (QED) is 0.742. The largest absolute Gasteiger partial charge is 0.383 e. The molecule has 0 saturated carbocycles. The first kappa shape index (κ1) is 14.2. The van der Waals surface area contributed by atoms with Crippen molar-refractivity contribution in [2.45, 2.75) is 13.8 Å². The lowest BCUT2D eigenvalue weighted by Gasteiger charge is -2.01. The van der Waals surface area contributed by atoms with Gasteiger partial charge in [-0.25, -0.2) is 15.0 Å².